The van der Waals surface area contributed by atoms with Gasteiger partial charge in [0.25, 0.3) is 0 Å². The maximum Gasteiger partial charge on any atom is 0.301 e. The van der Waals surface area contributed by atoms with Crippen LogP contribution in [-0.2, 0) is 19.2 Å². The Bertz CT molecular complexity index is 2680. The van der Waals surface area contributed by atoms with E-state index < -0.39 is 113 Å². The van der Waals surface area contributed by atoms with Crippen LogP contribution in [0, 0.1) is 70.0 Å². The number of phenolic OH excluding ortho intramolecular Hbond substituents is 1. The van der Waals surface area contributed by atoms with Crippen molar-refractivity contribution in [3.63, 3.8) is 0 Å². The molecular weight excluding hydrogens is 800 g/mol. The molecule has 1 N–H and O–H groups in total. The Labute approximate surface area is 343 Å². The summed E-state index contributed by atoms with van der Waals surface area (Å²) < 4.78 is 0. The molecule has 4 amide bonds. The molecule has 4 aromatic rings. The van der Waals surface area contributed by atoms with E-state index in [-0.39, 0.29) is 35.5 Å². The van der Waals surface area contributed by atoms with Crippen LogP contribution in [0.25, 0.3) is 10.8 Å². The van der Waals surface area contributed by atoms with Crippen LogP contribution in [0.15, 0.2) is 72.3 Å². The summed E-state index contributed by atoms with van der Waals surface area (Å²) in [5.74, 6) is -10.7. The van der Waals surface area contributed by atoms with Crippen LogP contribution in [0.5, 0.6) is 5.75 Å². The third-order valence-corrected chi connectivity index (χ3v) is 12.2. The van der Waals surface area contributed by atoms with Gasteiger partial charge in [-0.25, -0.2) is 9.80 Å². The van der Waals surface area contributed by atoms with Crippen molar-refractivity contribution in [2.24, 2.45) is 29.6 Å². The van der Waals surface area contributed by atoms with Crippen molar-refractivity contribution in [3.05, 3.63) is 118 Å². The van der Waals surface area contributed by atoms with Crippen LogP contribution in [0.4, 0.5) is 45.5 Å². The van der Waals surface area contributed by atoms with Gasteiger partial charge < -0.3 is 14.9 Å². The number of imide groups is 2. The van der Waals surface area contributed by atoms with Gasteiger partial charge in [0.05, 0.1) is 54.7 Å². The van der Waals surface area contributed by atoms with Crippen molar-refractivity contribution >= 4 is 79.9 Å². The van der Waals surface area contributed by atoms with Gasteiger partial charge in [-0.15, -0.1) is 0 Å². The van der Waals surface area contributed by atoms with Crippen LogP contribution in [0.2, 0.25) is 0 Å². The lowest BCUT2D eigenvalue weighted by Gasteiger charge is -2.44. The second kappa shape index (κ2) is 14.2. The van der Waals surface area contributed by atoms with E-state index in [2.05, 4.69) is 0 Å². The molecule has 21 heteroatoms. The Morgan fingerprint density at radius 2 is 1.07 bits per heavy atom. The summed E-state index contributed by atoms with van der Waals surface area (Å²) in [6, 6.07) is 13.6. The summed E-state index contributed by atoms with van der Waals surface area (Å²) in [4.78, 5) is 108. The zero-order valence-electron chi connectivity index (χ0n) is 32.7. The van der Waals surface area contributed by atoms with E-state index in [1.54, 1.807) is 36.4 Å². The van der Waals surface area contributed by atoms with Crippen molar-refractivity contribution in [1.29, 1.82) is 0 Å². The molecule has 0 aromatic heterocycles. The minimum atomic E-state index is -1.30. The third-order valence-electron chi connectivity index (χ3n) is 12.2. The molecule has 0 bridgehead atoms. The van der Waals surface area contributed by atoms with Crippen molar-refractivity contribution < 1.29 is 44.0 Å². The van der Waals surface area contributed by atoms with Gasteiger partial charge in [-0.1, -0.05) is 42.0 Å². The summed E-state index contributed by atoms with van der Waals surface area (Å²) in [6.07, 6.45) is 1.35. The first kappa shape index (κ1) is 40.0. The number of rotatable bonds is 9. The number of nitro benzene ring substituents is 4. The molecule has 3 fully saturated rings. The predicted octanol–water partition coefficient (Wildman–Crippen LogP) is 5.36. The Balaban J connectivity index is 1.30. The molecule has 6 unspecified atom stereocenters. The van der Waals surface area contributed by atoms with Crippen molar-refractivity contribution in [2.75, 3.05) is 47.8 Å². The number of amides is 4. The zero-order valence-corrected chi connectivity index (χ0v) is 32.7. The number of carbonyl (C=O) groups excluding carboxylic acids is 4. The molecule has 2 aliphatic carbocycles. The Hall–Kier alpha value is -7.84. The average molecular weight is 835 g/mol. The summed E-state index contributed by atoms with van der Waals surface area (Å²) in [7, 11) is 5.44. The van der Waals surface area contributed by atoms with Crippen LogP contribution in [0.3, 0.4) is 0 Å². The second-order valence-electron chi connectivity index (χ2n) is 15.8. The highest BCUT2D eigenvalue weighted by atomic mass is 16.6. The number of allylic oxidation sites excluding steroid dienone is 2. The SMILES string of the molecule is CN(C)c1c([N+](=O)[O-])cc(N2C(=O)C3CC=C4C(CC5C(=O)N(c6cc([N+](=O)[O-])c(N(C)C)c([N+](=O)[O-])c6)C(=O)C5C4c4c(O)ccc5ccccc45)C3C2=O)cc1[N+](=O)[O-]. The highest BCUT2D eigenvalue weighted by Crippen LogP contribution is 2.61. The Morgan fingerprint density at radius 3 is 1.54 bits per heavy atom. The number of fused-ring (bicyclic) bond motifs is 5. The molecule has 61 heavy (non-hydrogen) atoms. The van der Waals surface area contributed by atoms with Crippen LogP contribution < -0.4 is 19.6 Å². The quantitative estimate of drug-likeness (QED) is 0.0962. The van der Waals surface area contributed by atoms with Gasteiger partial charge in [0.1, 0.15) is 5.75 Å². The van der Waals surface area contributed by atoms with Crippen molar-refractivity contribution in [2.45, 2.75) is 18.8 Å². The molecule has 2 saturated heterocycles. The topological polar surface area (TPSA) is 274 Å². The lowest BCUT2D eigenvalue weighted by atomic mass is 9.56. The molecule has 2 heterocycles. The molecule has 21 nitrogen and oxygen atoms in total. The number of anilines is 4. The molecule has 2 aliphatic heterocycles. The maximum atomic E-state index is 14.9. The zero-order chi connectivity index (χ0) is 44.1. The van der Waals surface area contributed by atoms with E-state index in [1.165, 1.54) is 39.2 Å². The fraction of sp³-hybridized carbons (Fsp3) is 0.300. The first-order chi connectivity index (χ1) is 28.8. The number of aromatic hydroxyl groups is 1. The van der Waals surface area contributed by atoms with Gasteiger partial charge >= 0.3 is 22.7 Å². The summed E-state index contributed by atoms with van der Waals surface area (Å²) in [6.45, 7) is 0. The normalized spacial score (nSPS) is 23.0. The van der Waals surface area contributed by atoms with E-state index in [0.29, 0.717) is 26.1 Å². The molecule has 4 aromatic carbocycles. The van der Waals surface area contributed by atoms with Crippen LogP contribution >= 0.6 is 0 Å². The number of carbonyl (C=O) groups is 4. The van der Waals surface area contributed by atoms with E-state index >= 15 is 0 Å². The molecule has 312 valence electrons. The minimum Gasteiger partial charge on any atom is -0.508 e. The van der Waals surface area contributed by atoms with Gasteiger partial charge in [-0.2, -0.15) is 0 Å². The number of benzene rings is 4. The number of nitrogens with zero attached hydrogens (tertiary/aromatic N) is 8. The van der Waals surface area contributed by atoms with Crippen LogP contribution in [0.1, 0.15) is 24.3 Å². The molecule has 8 rings (SSSR count). The van der Waals surface area contributed by atoms with E-state index in [0.717, 1.165) is 29.2 Å². The molecule has 1 saturated carbocycles. The smallest absolute Gasteiger partial charge is 0.301 e. The Kier molecular flexibility index (Phi) is 9.28. The maximum absolute atomic E-state index is 14.9. The van der Waals surface area contributed by atoms with Crippen molar-refractivity contribution in [1.82, 2.24) is 0 Å². The second-order valence-corrected chi connectivity index (χ2v) is 15.8. The number of nitro groups is 4. The standard InChI is InChI=1S/C40H34N8O13/c1-41(2)35-26(45(54)55)13-19(14-27(35)46(56)57)43-37(50)23-11-10-22-24(31(23)39(43)52)17-25-34(33(22)32-21-8-6-5-7-18(21)9-12-30(32)49)40(53)44(38(25)51)20-15-28(47(58)59)36(42(3)4)29(16-20)48(60)61/h5-10,12-16,23-25,31,33-34,49H,11,17H2,1-4H3. The highest BCUT2D eigenvalue weighted by molar-refractivity contribution is 6.24. The minimum absolute atomic E-state index is 0.0901. The largest absolute Gasteiger partial charge is 0.508 e. The average Bonchev–Trinajstić information content (AvgIpc) is 3.62. The van der Waals surface area contributed by atoms with Gasteiger partial charge in [-0.05, 0) is 35.6 Å². The summed E-state index contributed by atoms with van der Waals surface area (Å²) in [5, 5.41) is 61.8. The molecule has 4 aliphatic rings. The van der Waals surface area contributed by atoms with Crippen molar-refractivity contribution in [3.8, 4) is 5.75 Å². The molecule has 6 atom stereocenters. The van der Waals surface area contributed by atoms with Gasteiger partial charge in [-0.3, -0.25) is 59.6 Å². The van der Waals surface area contributed by atoms with Gasteiger partial charge in [0.15, 0.2) is 11.4 Å². The van der Waals surface area contributed by atoms with E-state index in [1.807, 2.05) is 0 Å². The number of phenols is 1. The highest BCUT2D eigenvalue weighted by Gasteiger charge is 2.63. The number of hydrogen-bond donors (Lipinski definition) is 1. The van der Waals surface area contributed by atoms with Crippen LogP contribution in [-0.4, -0.2) is 76.6 Å². The third kappa shape index (κ3) is 5.90. The summed E-state index contributed by atoms with van der Waals surface area (Å²) in [5.41, 5.74) is -3.89. The van der Waals surface area contributed by atoms with Gasteiger partial charge in [0.2, 0.25) is 23.6 Å². The first-order valence-electron chi connectivity index (χ1n) is 18.8. The van der Waals surface area contributed by atoms with E-state index in [4.69, 9.17) is 0 Å². The lowest BCUT2D eigenvalue weighted by Crippen LogP contribution is -2.43. The number of hydrogen-bond acceptors (Lipinski definition) is 15. The van der Waals surface area contributed by atoms with E-state index in [9.17, 15) is 64.7 Å². The fourth-order valence-corrected chi connectivity index (χ4v) is 9.94. The fourth-order valence-electron chi connectivity index (χ4n) is 9.94. The molecule has 0 radical (unpaired) electrons. The predicted molar refractivity (Wildman–Crippen MR) is 216 cm³/mol. The Morgan fingerprint density at radius 1 is 0.607 bits per heavy atom. The lowest BCUT2D eigenvalue weighted by molar-refractivity contribution is -0.392. The van der Waals surface area contributed by atoms with Gasteiger partial charge in [0, 0.05) is 63.9 Å². The summed E-state index contributed by atoms with van der Waals surface area (Å²) >= 11 is 0. The first-order valence-corrected chi connectivity index (χ1v) is 18.8. The monoisotopic (exact) mass is 834 g/mol. The molecule has 0 spiro atoms. The molecular formula is C40H34N8O13.